The third-order valence-electron chi connectivity index (χ3n) is 6.26. The monoisotopic (exact) mass is 430 g/mol. The van der Waals surface area contributed by atoms with Crippen molar-refractivity contribution in [3.63, 3.8) is 0 Å². The fourth-order valence-electron chi connectivity index (χ4n) is 4.28. The number of ether oxygens (including phenoxy) is 1. The Balaban J connectivity index is 1.50. The number of hydrogen-bond donors (Lipinski definition) is 1. The van der Waals surface area contributed by atoms with E-state index in [1.165, 1.54) is 25.9 Å². The van der Waals surface area contributed by atoms with Crippen molar-refractivity contribution in [1.82, 2.24) is 20.0 Å². The fourth-order valence-corrected chi connectivity index (χ4v) is 4.28. The first kappa shape index (κ1) is 23.5. The number of hydrogen-bond acceptors (Lipinski definition) is 5. The van der Waals surface area contributed by atoms with E-state index in [0.717, 1.165) is 45.0 Å². The molecule has 172 valence electrons. The topological polar surface area (TPSA) is 65.1 Å². The predicted molar refractivity (Wildman–Crippen MR) is 122 cm³/mol. The van der Waals surface area contributed by atoms with Crippen molar-refractivity contribution in [3.8, 4) is 5.75 Å². The second kappa shape index (κ2) is 11.5. The van der Waals surface area contributed by atoms with Gasteiger partial charge < -0.3 is 19.9 Å². The molecule has 7 nitrogen and oxygen atoms in total. The number of likely N-dealkylation sites (tertiary alicyclic amines) is 1. The van der Waals surface area contributed by atoms with Crippen molar-refractivity contribution in [2.24, 2.45) is 5.92 Å². The minimum atomic E-state index is -0.518. The number of carbonyl (C=O) groups excluding carboxylic acids is 2. The molecule has 2 fully saturated rings. The van der Waals surface area contributed by atoms with Crippen molar-refractivity contribution in [3.05, 3.63) is 29.8 Å². The Morgan fingerprint density at radius 1 is 0.935 bits per heavy atom. The summed E-state index contributed by atoms with van der Waals surface area (Å²) in [5, 5.41) is 2.96. The molecule has 3 rings (SSSR count). The van der Waals surface area contributed by atoms with E-state index >= 15 is 0 Å². The van der Waals surface area contributed by atoms with E-state index in [9.17, 15) is 9.59 Å². The molecule has 1 aromatic rings. The number of carbonyl (C=O) groups is 2. The quantitative estimate of drug-likeness (QED) is 0.650. The Labute approximate surface area is 186 Å². The summed E-state index contributed by atoms with van der Waals surface area (Å²) < 4.78 is 5.43. The average molecular weight is 431 g/mol. The summed E-state index contributed by atoms with van der Waals surface area (Å²) in [6, 6.07) is 6.52. The largest absolute Gasteiger partial charge is 0.494 e. The molecular formula is C24H38N4O3. The lowest BCUT2D eigenvalue weighted by Crippen LogP contribution is -2.56. The number of piperazine rings is 1. The van der Waals surface area contributed by atoms with Crippen molar-refractivity contribution in [2.75, 3.05) is 59.0 Å². The molecule has 2 aliphatic heterocycles. The Morgan fingerprint density at radius 2 is 1.52 bits per heavy atom. The highest BCUT2D eigenvalue weighted by Crippen LogP contribution is 2.15. The van der Waals surface area contributed by atoms with Gasteiger partial charge in [-0.3, -0.25) is 14.5 Å². The van der Waals surface area contributed by atoms with E-state index in [-0.39, 0.29) is 17.7 Å². The van der Waals surface area contributed by atoms with Gasteiger partial charge in [-0.25, -0.2) is 0 Å². The highest BCUT2D eigenvalue weighted by molar-refractivity contribution is 5.97. The van der Waals surface area contributed by atoms with Crippen molar-refractivity contribution in [1.29, 1.82) is 0 Å². The summed E-state index contributed by atoms with van der Waals surface area (Å²) in [6.45, 7) is 14.4. The van der Waals surface area contributed by atoms with Crippen LogP contribution in [0.4, 0.5) is 0 Å². The van der Waals surface area contributed by atoms with Gasteiger partial charge in [0.2, 0.25) is 5.91 Å². The van der Waals surface area contributed by atoms with Gasteiger partial charge in [0.1, 0.15) is 11.8 Å². The lowest BCUT2D eigenvalue weighted by molar-refractivity contribution is -0.136. The molecule has 2 saturated heterocycles. The van der Waals surface area contributed by atoms with E-state index in [2.05, 4.69) is 15.1 Å². The minimum Gasteiger partial charge on any atom is -0.494 e. The molecule has 0 radical (unpaired) electrons. The molecule has 1 unspecified atom stereocenters. The summed E-state index contributed by atoms with van der Waals surface area (Å²) >= 11 is 0. The van der Waals surface area contributed by atoms with Crippen molar-refractivity contribution < 1.29 is 14.3 Å². The van der Waals surface area contributed by atoms with Crippen LogP contribution in [-0.2, 0) is 4.79 Å². The van der Waals surface area contributed by atoms with Gasteiger partial charge in [-0.05, 0) is 63.0 Å². The van der Waals surface area contributed by atoms with Crippen molar-refractivity contribution >= 4 is 11.8 Å². The van der Waals surface area contributed by atoms with Gasteiger partial charge in [-0.1, -0.05) is 13.8 Å². The Bertz CT molecular complexity index is 708. The molecule has 1 aromatic carbocycles. The summed E-state index contributed by atoms with van der Waals surface area (Å²) in [6.07, 6.45) is 2.64. The number of benzene rings is 1. The maximum atomic E-state index is 13.2. The summed E-state index contributed by atoms with van der Waals surface area (Å²) in [7, 11) is 0. The molecule has 1 N–H and O–H groups in total. The number of nitrogens with one attached hydrogen (secondary N) is 1. The molecule has 7 heteroatoms. The Kier molecular flexibility index (Phi) is 8.72. The van der Waals surface area contributed by atoms with Crippen LogP contribution < -0.4 is 10.1 Å². The number of nitrogens with zero attached hydrogens (tertiary/aromatic N) is 3. The summed E-state index contributed by atoms with van der Waals surface area (Å²) in [4.78, 5) is 32.8. The van der Waals surface area contributed by atoms with Crippen LogP contribution in [0.3, 0.4) is 0 Å². The van der Waals surface area contributed by atoms with E-state index < -0.39 is 6.04 Å². The molecule has 31 heavy (non-hydrogen) atoms. The van der Waals surface area contributed by atoms with Crippen LogP contribution in [0, 0.1) is 5.92 Å². The molecule has 0 spiro atoms. The van der Waals surface area contributed by atoms with Gasteiger partial charge in [-0.2, -0.15) is 0 Å². The van der Waals surface area contributed by atoms with Crippen LogP contribution in [0.15, 0.2) is 24.3 Å². The Hall–Kier alpha value is -2.12. The van der Waals surface area contributed by atoms with Crippen LogP contribution in [-0.4, -0.2) is 91.5 Å². The number of rotatable bonds is 9. The third-order valence-corrected chi connectivity index (χ3v) is 6.26. The molecule has 0 bridgehead atoms. The SMILES string of the molecule is CCOc1ccc(C(=O)NC(C(=O)N2CCN(CCN3CCCC3)CC2)C(C)C)cc1. The summed E-state index contributed by atoms with van der Waals surface area (Å²) in [5.74, 6) is 0.554. The molecule has 2 heterocycles. The zero-order valence-electron chi connectivity index (χ0n) is 19.3. The number of amides is 2. The van der Waals surface area contributed by atoms with Crippen LogP contribution >= 0.6 is 0 Å². The second-order valence-corrected chi connectivity index (χ2v) is 8.87. The summed E-state index contributed by atoms with van der Waals surface area (Å²) in [5.41, 5.74) is 0.536. The van der Waals surface area contributed by atoms with Gasteiger partial charge in [-0.15, -0.1) is 0 Å². The fraction of sp³-hybridized carbons (Fsp3) is 0.667. The van der Waals surface area contributed by atoms with Gasteiger partial charge in [0.25, 0.3) is 5.91 Å². The van der Waals surface area contributed by atoms with Gasteiger partial charge in [0.05, 0.1) is 6.61 Å². The predicted octanol–water partition coefficient (Wildman–Crippen LogP) is 2.08. The maximum Gasteiger partial charge on any atom is 0.251 e. The zero-order chi connectivity index (χ0) is 22.2. The third kappa shape index (κ3) is 6.68. The van der Waals surface area contributed by atoms with Crippen LogP contribution in [0.2, 0.25) is 0 Å². The normalized spacial score (nSPS) is 18.9. The second-order valence-electron chi connectivity index (χ2n) is 8.87. The first-order chi connectivity index (χ1) is 15.0. The van der Waals surface area contributed by atoms with E-state index in [1.807, 2.05) is 25.7 Å². The van der Waals surface area contributed by atoms with Crippen LogP contribution in [0.1, 0.15) is 44.0 Å². The van der Waals surface area contributed by atoms with Crippen molar-refractivity contribution in [2.45, 2.75) is 39.7 Å². The zero-order valence-corrected chi connectivity index (χ0v) is 19.3. The molecule has 0 aromatic heterocycles. The first-order valence-corrected chi connectivity index (χ1v) is 11.7. The first-order valence-electron chi connectivity index (χ1n) is 11.7. The molecule has 1 atom stereocenters. The lowest BCUT2D eigenvalue weighted by Gasteiger charge is -2.37. The molecule has 2 aliphatic rings. The van der Waals surface area contributed by atoms with E-state index in [1.54, 1.807) is 24.3 Å². The van der Waals surface area contributed by atoms with Gasteiger partial charge >= 0.3 is 0 Å². The van der Waals surface area contributed by atoms with Gasteiger partial charge in [0.15, 0.2) is 0 Å². The molecule has 0 aliphatic carbocycles. The van der Waals surface area contributed by atoms with Crippen LogP contribution in [0.5, 0.6) is 5.75 Å². The lowest BCUT2D eigenvalue weighted by atomic mass is 10.0. The highest BCUT2D eigenvalue weighted by Gasteiger charge is 2.31. The standard InChI is InChI=1S/C24H38N4O3/c1-4-31-21-9-7-20(8-10-21)23(29)25-22(19(2)3)24(30)28-17-15-27(16-18-28)14-13-26-11-5-6-12-26/h7-10,19,22H,4-6,11-18H2,1-3H3,(H,25,29). The molecule has 0 saturated carbocycles. The molecular weight excluding hydrogens is 392 g/mol. The van der Waals surface area contributed by atoms with E-state index in [4.69, 9.17) is 4.74 Å². The average Bonchev–Trinajstić information content (AvgIpc) is 3.30. The smallest absolute Gasteiger partial charge is 0.251 e. The highest BCUT2D eigenvalue weighted by atomic mass is 16.5. The van der Waals surface area contributed by atoms with Crippen LogP contribution in [0.25, 0.3) is 0 Å². The maximum absolute atomic E-state index is 13.2. The van der Waals surface area contributed by atoms with E-state index in [0.29, 0.717) is 12.2 Å². The molecule has 2 amide bonds. The minimum absolute atomic E-state index is 0.0207. The van der Waals surface area contributed by atoms with Gasteiger partial charge in [0, 0.05) is 44.8 Å². The Morgan fingerprint density at radius 3 is 2.06 bits per heavy atom.